The number of rotatable bonds is 5. The number of nitrogens with zero attached hydrogens (tertiary/aromatic N) is 2. The molecule has 0 saturated carbocycles. The summed E-state index contributed by atoms with van der Waals surface area (Å²) in [4.78, 5) is 4.90. The van der Waals surface area contributed by atoms with Crippen molar-refractivity contribution in [2.45, 2.75) is 33.0 Å². The van der Waals surface area contributed by atoms with Crippen molar-refractivity contribution in [2.24, 2.45) is 0 Å². The highest BCUT2D eigenvalue weighted by atomic mass is 16.3. The van der Waals surface area contributed by atoms with E-state index in [-0.39, 0.29) is 0 Å². The SMILES string of the molecule is CCNCc1ccoc1CN1CCN(C)CC1C. The van der Waals surface area contributed by atoms with Gasteiger partial charge in [0, 0.05) is 37.8 Å². The summed E-state index contributed by atoms with van der Waals surface area (Å²) in [5.74, 6) is 1.12. The summed E-state index contributed by atoms with van der Waals surface area (Å²) in [6.45, 7) is 10.7. The maximum absolute atomic E-state index is 5.64. The number of hydrogen-bond donors (Lipinski definition) is 1. The van der Waals surface area contributed by atoms with Crippen molar-refractivity contribution < 1.29 is 4.42 Å². The lowest BCUT2D eigenvalue weighted by Gasteiger charge is -2.37. The number of hydrogen-bond acceptors (Lipinski definition) is 4. The summed E-state index contributed by atoms with van der Waals surface area (Å²) in [6.07, 6.45) is 1.81. The molecule has 18 heavy (non-hydrogen) atoms. The van der Waals surface area contributed by atoms with Crippen LogP contribution in [0.15, 0.2) is 16.7 Å². The van der Waals surface area contributed by atoms with Crippen LogP contribution in [0.25, 0.3) is 0 Å². The summed E-state index contributed by atoms with van der Waals surface area (Å²) >= 11 is 0. The third kappa shape index (κ3) is 3.34. The average molecular weight is 251 g/mol. The van der Waals surface area contributed by atoms with E-state index in [1.807, 2.05) is 6.26 Å². The summed E-state index contributed by atoms with van der Waals surface area (Å²) in [6, 6.07) is 2.68. The number of furan rings is 1. The summed E-state index contributed by atoms with van der Waals surface area (Å²) in [5.41, 5.74) is 1.29. The largest absolute Gasteiger partial charge is 0.468 e. The standard InChI is InChI=1S/C14H25N3O/c1-4-15-9-13-5-8-18-14(13)11-17-7-6-16(3)10-12(17)2/h5,8,12,15H,4,6-7,9-11H2,1-3H3. The minimum absolute atomic E-state index is 0.598. The van der Waals surface area contributed by atoms with Gasteiger partial charge in [-0.15, -0.1) is 0 Å². The third-order valence-corrected chi connectivity index (χ3v) is 3.72. The molecule has 0 spiro atoms. The molecule has 1 aromatic heterocycles. The predicted molar refractivity (Wildman–Crippen MR) is 73.5 cm³/mol. The molecular weight excluding hydrogens is 226 g/mol. The molecular formula is C14H25N3O. The van der Waals surface area contributed by atoms with Crippen molar-refractivity contribution in [3.8, 4) is 0 Å². The summed E-state index contributed by atoms with van der Waals surface area (Å²) < 4.78 is 5.64. The molecule has 1 unspecified atom stereocenters. The van der Waals surface area contributed by atoms with Gasteiger partial charge in [-0.1, -0.05) is 6.92 Å². The molecule has 2 heterocycles. The molecule has 1 atom stereocenters. The van der Waals surface area contributed by atoms with Crippen molar-refractivity contribution >= 4 is 0 Å². The molecule has 4 nitrogen and oxygen atoms in total. The van der Waals surface area contributed by atoms with Crippen molar-refractivity contribution in [3.63, 3.8) is 0 Å². The van der Waals surface area contributed by atoms with Crippen molar-refractivity contribution in [1.29, 1.82) is 0 Å². The average Bonchev–Trinajstić information content (AvgIpc) is 2.77. The minimum Gasteiger partial charge on any atom is -0.468 e. The smallest absolute Gasteiger partial charge is 0.122 e. The predicted octanol–water partition coefficient (Wildman–Crippen LogP) is 1.52. The van der Waals surface area contributed by atoms with Crippen LogP contribution in [-0.4, -0.2) is 49.1 Å². The first-order valence-corrected chi connectivity index (χ1v) is 6.89. The minimum atomic E-state index is 0.598. The Morgan fingerprint density at radius 3 is 3.00 bits per heavy atom. The monoisotopic (exact) mass is 251 g/mol. The van der Waals surface area contributed by atoms with Gasteiger partial charge in [0.15, 0.2) is 0 Å². The van der Waals surface area contributed by atoms with Crippen molar-refractivity contribution in [1.82, 2.24) is 15.1 Å². The number of likely N-dealkylation sites (N-methyl/N-ethyl adjacent to an activating group) is 1. The first-order valence-electron chi connectivity index (χ1n) is 6.89. The van der Waals surface area contributed by atoms with Gasteiger partial charge in [-0.05, 0) is 26.6 Å². The zero-order valence-electron chi connectivity index (χ0n) is 11.8. The molecule has 1 aliphatic heterocycles. The highest BCUT2D eigenvalue weighted by molar-refractivity contribution is 5.17. The molecule has 4 heteroatoms. The molecule has 0 aromatic carbocycles. The van der Waals surface area contributed by atoms with Crippen LogP contribution in [0.2, 0.25) is 0 Å². The normalized spacial score (nSPS) is 22.5. The Hall–Kier alpha value is -0.840. The number of piperazine rings is 1. The van der Waals surface area contributed by atoms with E-state index in [2.05, 4.69) is 42.1 Å². The maximum Gasteiger partial charge on any atom is 0.122 e. The van der Waals surface area contributed by atoms with E-state index in [4.69, 9.17) is 4.42 Å². The summed E-state index contributed by atoms with van der Waals surface area (Å²) in [7, 11) is 2.19. The molecule has 1 aliphatic rings. The Labute approximate surface area is 110 Å². The van der Waals surface area contributed by atoms with Crippen LogP contribution in [0.5, 0.6) is 0 Å². The van der Waals surface area contributed by atoms with Crippen molar-refractivity contribution in [3.05, 3.63) is 23.7 Å². The van der Waals surface area contributed by atoms with Gasteiger partial charge in [0.25, 0.3) is 0 Å². The van der Waals surface area contributed by atoms with Gasteiger partial charge in [0.05, 0.1) is 12.8 Å². The van der Waals surface area contributed by atoms with E-state index in [0.29, 0.717) is 6.04 Å². The highest BCUT2D eigenvalue weighted by Gasteiger charge is 2.23. The van der Waals surface area contributed by atoms with E-state index in [1.165, 1.54) is 5.56 Å². The van der Waals surface area contributed by atoms with Crippen LogP contribution < -0.4 is 5.32 Å². The van der Waals surface area contributed by atoms with Gasteiger partial charge in [-0.25, -0.2) is 0 Å². The van der Waals surface area contributed by atoms with E-state index < -0.39 is 0 Å². The fraction of sp³-hybridized carbons (Fsp3) is 0.714. The molecule has 1 saturated heterocycles. The summed E-state index contributed by atoms with van der Waals surface area (Å²) in [5, 5.41) is 3.36. The Morgan fingerprint density at radius 1 is 1.44 bits per heavy atom. The molecule has 2 rings (SSSR count). The molecule has 102 valence electrons. The van der Waals surface area contributed by atoms with Crippen molar-refractivity contribution in [2.75, 3.05) is 33.2 Å². The van der Waals surface area contributed by atoms with E-state index >= 15 is 0 Å². The molecule has 1 fully saturated rings. The topological polar surface area (TPSA) is 31.7 Å². The molecule has 1 N–H and O–H groups in total. The molecule has 1 aromatic rings. The Kier molecular flexibility index (Phi) is 4.80. The van der Waals surface area contributed by atoms with E-state index in [0.717, 1.165) is 45.0 Å². The quantitative estimate of drug-likeness (QED) is 0.860. The van der Waals surface area contributed by atoms with Gasteiger partial charge in [0.1, 0.15) is 5.76 Å². The van der Waals surface area contributed by atoms with Gasteiger partial charge >= 0.3 is 0 Å². The van der Waals surface area contributed by atoms with Crippen LogP contribution in [0, 0.1) is 0 Å². The second kappa shape index (κ2) is 6.36. The van der Waals surface area contributed by atoms with Gasteiger partial charge in [0.2, 0.25) is 0 Å². The third-order valence-electron chi connectivity index (χ3n) is 3.72. The maximum atomic E-state index is 5.64. The second-order valence-electron chi connectivity index (χ2n) is 5.23. The zero-order chi connectivity index (χ0) is 13.0. The lowest BCUT2D eigenvalue weighted by atomic mass is 10.1. The molecule has 0 radical (unpaired) electrons. The second-order valence-corrected chi connectivity index (χ2v) is 5.23. The Balaban J connectivity index is 1.94. The van der Waals surface area contributed by atoms with Gasteiger partial charge in [-0.2, -0.15) is 0 Å². The van der Waals surface area contributed by atoms with E-state index in [1.54, 1.807) is 0 Å². The van der Waals surface area contributed by atoms with Gasteiger partial charge in [-0.3, -0.25) is 4.90 Å². The molecule has 0 bridgehead atoms. The van der Waals surface area contributed by atoms with Crippen LogP contribution in [0.4, 0.5) is 0 Å². The van der Waals surface area contributed by atoms with Crippen LogP contribution in [0.1, 0.15) is 25.2 Å². The first kappa shape index (κ1) is 13.6. The first-order chi connectivity index (χ1) is 8.70. The van der Waals surface area contributed by atoms with E-state index in [9.17, 15) is 0 Å². The number of nitrogens with one attached hydrogen (secondary N) is 1. The fourth-order valence-corrected chi connectivity index (χ4v) is 2.52. The Morgan fingerprint density at radius 2 is 2.28 bits per heavy atom. The molecule has 0 aliphatic carbocycles. The van der Waals surface area contributed by atoms with Crippen LogP contribution >= 0.6 is 0 Å². The van der Waals surface area contributed by atoms with Crippen LogP contribution in [-0.2, 0) is 13.1 Å². The lowest BCUT2D eigenvalue weighted by Crippen LogP contribution is -2.49. The zero-order valence-corrected chi connectivity index (χ0v) is 11.8. The fourth-order valence-electron chi connectivity index (χ4n) is 2.52. The highest BCUT2D eigenvalue weighted by Crippen LogP contribution is 2.17. The van der Waals surface area contributed by atoms with Gasteiger partial charge < -0.3 is 14.6 Å². The lowest BCUT2D eigenvalue weighted by molar-refractivity contribution is 0.0871. The van der Waals surface area contributed by atoms with Crippen LogP contribution in [0.3, 0.4) is 0 Å². The molecule has 0 amide bonds. The Bertz CT molecular complexity index is 364.